The van der Waals surface area contributed by atoms with Crippen molar-refractivity contribution in [1.82, 2.24) is 9.55 Å². The Hall–Kier alpha value is -2.28. The van der Waals surface area contributed by atoms with E-state index in [0.29, 0.717) is 5.82 Å². The molecular formula is C21H16BrClFN3S. The van der Waals surface area contributed by atoms with E-state index in [2.05, 4.69) is 4.98 Å². The molecule has 0 aliphatic rings. The Morgan fingerprint density at radius 3 is 2.57 bits per heavy atom. The second-order valence-corrected chi connectivity index (χ2v) is 7.20. The molecule has 0 spiro atoms. The van der Waals surface area contributed by atoms with Crippen LogP contribution in [0.4, 0.5) is 10.2 Å². The van der Waals surface area contributed by atoms with Gasteiger partial charge in [-0.15, -0.1) is 28.3 Å². The number of nitrogens with zero attached hydrogens (tertiary/aromatic N) is 3. The van der Waals surface area contributed by atoms with Gasteiger partial charge in [0.1, 0.15) is 5.82 Å². The van der Waals surface area contributed by atoms with Gasteiger partial charge in [0, 0.05) is 22.8 Å². The number of para-hydroxylation sites is 1. The zero-order valence-electron chi connectivity index (χ0n) is 14.8. The third kappa shape index (κ3) is 4.09. The van der Waals surface area contributed by atoms with Crippen molar-refractivity contribution in [3.63, 3.8) is 0 Å². The lowest BCUT2D eigenvalue weighted by Crippen LogP contribution is -2.13. The Kier molecular flexibility index (Phi) is 6.44. The van der Waals surface area contributed by atoms with Crippen LogP contribution in [0.3, 0.4) is 0 Å². The Labute approximate surface area is 181 Å². The SMILES string of the molecule is Br.Cc1cccnc1/N=c1\scc(-c2ccc(F)c(Cl)c2)n1-c1ccccc1. The molecule has 7 heteroatoms. The molecule has 4 rings (SSSR count). The molecule has 0 amide bonds. The van der Waals surface area contributed by atoms with Gasteiger partial charge >= 0.3 is 0 Å². The molecule has 0 saturated carbocycles. The first-order valence-electron chi connectivity index (χ1n) is 8.31. The number of pyridine rings is 1. The summed E-state index contributed by atoms with van der Waals surface area (Å²) >= 11 is 7.50. The van der Waals surface area contributed by atoms with Gasteiger partial charge in [-0.2, -0.15) is 0 Å². The summed E-state index contributed by atoms with van der Waals surface area (Å²) in [6, 6.07) is 18.5. The Morgan fingerprint density at radius 1 is 1.07 bits per heavy atom. The van der Waals surface area contributed by atoms with E-state index in [9.17, 15) is 4.39 Å². The maximum atomic E-state index is 13.6. The predicted octanol–water partition coefficient (Wildman–Crippen LogP) is 6.51. The average molecular weight is 477 g/mol. The molecule has 28 heavy (non-hydrogen) atoms. The van der Waals surface area contributed by atoms with Crippen LogP contribution in [-0.4, -0.2) is 9.55 Å². The van der Waals surface area contributed by atoms with E-state index in [-0.39, 0.29) is 22.0 Å². The average Bonchev–Trinajstić information content (AvgIpc) is 3.10. The molecule has 0 fully saturated rings. The molecule has 0 N–H and O–H groups in total. The first-order chi connectivity index (χ1) is 13.1. The topological polar surface area (TPSA) is 30.2 Å². The summed E-state index contributed by atoms with van der Waals surface area (Å²) in [6.07, 6.45) is 1.73. The highest BCUT2D eigenvalue weighted by molar-refractivity contribution is 8.93. The second-order valence-electron chi connectivity index (χ2n) is 5.96. The predicted molar refractivity (Wildman–Crippen MR) is 119 cm³/mol. The lowest BCUT2D eigenvalue weighted by molar-refractivity contribution is 0.628. The fourth-order valence-electron chi connectivity index (χ4n) is 2.76. The summed E-state index contributed by atoms with van der Waals surface area (Å²) in [7, 11) is 0. The minimum atomic E-state index is -0.434. The molecule has 0 unspecified atom stereocenters. The summed E-state index contributed by atoms with van der Waals surface area (Å²) in [6.45, 7) is 1.98. The Balaban J connectivity index is 0.00000225. The molecule has 2 aromatic heterocycles. The lowest BCUT2D eigenvalue weighted by atomic mass is 10.1. The molecule has 0 saturated heterocycles. The first-order valence-corrected chi connectivity index (χ1v) is 9.57. The van der Waals surface area contributed by atoms with Gasteiger partial charge in [0.2, 0.25) is 0 Å². The fourth-order valence-corrected chi connectivity index (χ4v) is 3.84. The Morgan fingerprint density at radius 2 is 1.86 bits per heavy atom. The number of aromatic nitrogens is 2. The molecule has 0 bridgehead atoms. The van der Waals surface area contributed by atoms with Crippen molar-refractivity contribution in [1.29, 1.82) is 0 Å². The smallest absolute Gasteiger partial charge is 0.196 e. The van der Waals surface area contributed by atoms with Gasteiger partial charge in [0.15, 0.2) is 10.6 Å². The minimum Gasteiger partial charge on any atom is -0.285 e. The van der Waals surface area contributed by atoms with Gasteiger partial charge < -0.3 is 0 Å². The summed E-state index contributed by atoms with van der Waals surface area (Å²) < 4.78 is 15.6. The van der Waals surface area contributed by atoms with Gasteiger partial charge in [-0.3, -0.25) is 4.57 Å². The summed E-state index contributed by atoms with van der Waals surface area (Å²) in [5, 5.41) is 2.09. The van der Waals surface area contributed by atoms with E-state index in [4.69, 9.17) is 16.6 Å². The van der Waals surface area contributed by atoms with Crippen molar-refractivity contribution >= 4 is 45.7 Å². The van der Waals surface area contributed by atoms with Crippen molar-refractivity contribution < 1.29 is 4.39 Å². The van der Waals surface area contributed by atoms with Gasteiger partial charge in [0.25, 0.3) is 0 Å². The molecule has 0 aliphatic carbocycles. The molecule has 142 valence electrons. The van der Waals surface area contributed by atoms with Crippen LogP contribution >= 0.6 is 39.9 Å². The van der Waals surface area contributed by atoms with Crippen molar-refractivity contribution in [2.75, 3.05) is 0 Å². The number of hydrogen-bond acceptors (Lipinski definition) is 3. The van der Waals surface area contributed by atoms with Crippen molar-refractivity contribution in [2.24, 2.45) is 4.99 Å². The van der Waals surface area contributed by atoms with Gasteiger partial charge in [-0.05, 0) is 48.9 Å². The second kappa shape index (κ2) is 8.82. The van der Waals surface area contributed by atoms with Crippen LogP contribution in [0, 0.1) is 12.7 Å². The molecular weight excluding hydrogens is 461 g/mol. The van der Waals surface area contributed by atoms with Crippen LogP contribution < -0.4 is 4.80 Å². The molecule has 4 aromatic rings. The van der Waals surface area contributed by atoms with Crippen molar-refractivity contribution in [2.45, 2.75) is 6.92 Å². The zero-order valence-corrected chi connectivity index (χ0v) is 18.1. The number of thiazole rings is 1. The molecule has 0 radical (unpaired) electrons. The van der Waals surface area contributed by atoms with E-state index in [1.165, 1.54) is 17.4 Å². The molecule has 2 heterocycles. The number of hydrogen-bond donors (Lipinski definition) is 0. The van der Waals surface area contributed by atoms with Crippen molar-refractivity contribution in [3.05, 3.63) is 93.4 Å². The Bertz CT molecular complexity index is 1170. The third-order valence-corrected chi connectivity index (χ3v) is 5.24. The zero-order chi connectivity index (χ0) is 18.8. The quantitative estimate of drug-likeness (QED) is 0.331. The van der Waals surface area contributed by atoms with Crippen LogP contribution in [0.25, 0.3) is 16.9 Å². The largest absolute Gasteiger partial charge is 0.285 e. The minimum absolute atomic E-state index is 0. The van der Waals surface area contributed by atoms with E-state index in [1.54, 1.807) is 18.3 Å². The first kappa shape index (κ1) is 20.5. The maximum absolute atomic E-state index is 13.6. The van der Waals surface area contributed by atoms with E-state index >= 15 is 0 Å². The maximum Gasteiger partial charge on any atom is 0.196 e. The normalized spacial score (nSPS) is 11.3. The summed E-state index contributed by atoms with van der Waals surface area (Å²) in [5.41, 5.74) is 3.67. The highest BCUT2D eigenvalue weighted by Crippen LogP contribution is 2.27. The fraction of sp³-hybridized carbons (Fsp3) is 0.0476. The van der Waals surface area contributed by atoms with E-state index < -0.39 is 5.82 Å². The number of halogens is 3. The molecule has 0 atom stereocenters. The molecule has 0 aliphatic heterocycles. The number of benzene rings is 2. The standard InChI is InChI=1S/C21H15ClFN3S.BrH/c1-14-6-5-11-24-20(14)25-21-26(16-7-3-2-4-8-16)19(13-27-21)15-9-10-18(23)17(22)12-15;/h2-13H,1H3;1H/b25-21-;. The van der Waals surface area contributed by atoms with E-state index in [1.807, 2.05) is 59.3 Å². The van der Waals surface area contributed by atoms with Crippen LogP contribution in [0.2, 0.25) is 5.02 Å². The summed E-state index contributed by atoms with van der Waals surface area (Å²) in [5.74, 6) is 0.239. The molecule has 2 aromatic carbocycles. The molecule has 3 nitrogen and oxygen atoms in total. The number of rotatable bonds is 3. The lowest BCUT2D eigenvalue weighted by Gasteiger charge is -2.10. The van der Waals surface area contributed by atoms with Crippen LogP contribution in [-0.2, 0) is 0 Å². The van der Waals surface area contributed by atoms with Crippen molar-refractivity contribution in [3.8, 4) is 16.9 Å². The number of aryl methyl sites for hydroxylation is 1. The van der Waals surface area contributed by atoms with Gasteiger partial charge in [-0.1, -0.05) is 35.9 Å². The van der Waals surface area contributed by atoms with Crippen LogP contribution in [0.15, 0.2) is 77.2 Å². The monoisotopic (exact) mass is 475 g/mol. The van der Waals surface area contributed by atoms with E-state index in [0.717, 1.165) is 27.3 Å². The van der Waals surface area contributed by atoms with Gasteiger partial charge in [0.05, 0.1) is 10.7 Å². The third-order valence-electron chi connectivity index (χ3n) is 4.12. The van der Waals surface area contributed by atoms with Crippen LogP contribution in [0.5, 0.6) is 0 Å². The highest BCUT2D eigenvalue weighted by atomic mass is 79.9. The summed E-state index contributed by atoms with van der Waals surface area (Å²) in [4.78, 5) is 9.91. The highest BCUT2D eigenvalue weighted by Gasteiger charge is 2.12. The van der Waals surface area contributed by atoms with Crippen LogP contribution in [0.1, 0.15) is 5.56 Å². The van der Waals surface area contributed by atoms with Gasteiger partial charge in [-0.25, -0.2) is 14.4 Å².